The summed E-state index contributed by atoms with van der Waals surface area (Å²) in [4.78, 5) is 0. The van der Waals surface area contributed by atoms with Gasteiger partial charge in [0.05, 0.1) is 6.61 Å². The highest BCUT2D eigenvalue weighted by atomic mass is 32.2. The van der Waals surface area contributed by atoms with Gasteiger partial charge in [-0.1, -0.05) is 6.08 Å². The SMILES string of the molecule is C=CCN(CCO)S(=O)(=O)N(C)C(C)C. The molecular formula is C9H20N2O3S. The molecule has 0 saturated carbocycles. The van der Waals surface area contributed by atoms with Crippen molar-refractivity contribution in [2.45, 2.75) is 19.9 Å². The molecule has 0 unspecified atom stereocenters. The Morgan fingerprint density at radius 2 is 2.00 bits per heavy atom. The fourth-order valence-electron chi connectivity index (χ4n) is 1.00. The number of nitrogens with zero attached hydrogens (tertiary/aromatic N) is 2. The Balaban J connectivity index is 4.85. The average molecular weight is 236 g/mol. The van der Waals surface area contributed by atoms with Crippen LogP contribution in [0.25, 0.3) is 0 Å². The predicted molar refractivity (Wildman–Crippen MR) is 60.7 cm³/mol. The van der Waals surface area contributed by atoms with Crippen molar-refractivity contribution in [1.82, 2.24) is 8.61 Å². The lowest BCUT2D eigenvalue weighted by atomic mass is 10.4. The molecule has 15 heavy (non-hydrogen) atoms. The normalized spacial score (nSPS) is 12.7. The van der Waals surface area contributed by atoms with Gasteiger partial charge in [-0.25, -0.2) is 0 Å². The third-order valence-corrected chi connectivity index (χ3v) is 4.23. The zero-order valence-corrected chi connectivity index (χ0v) is 10.4. The van der Waals surface area contributed by atoms with E-state index in [4.69, 9.17) is 5.11 Å². The van der Waals surface area contributed by atoms with E-state index >= 15 is 0 Å². The topological polar surface area (TPSA) is 60.9 Å². The molecule has 0 bridgehead atoms. The van der Waals surface area contributed by atoms with E-state index in [9.17, 15) is 8.42 Å². The lowest BCUT2D eigenvalue weighted by molar-refractivity contribution is 0.250. The first-order chi connectivity index (χ1) is 6.87. The number of aliphatic hydroxyl groups is 1. The van der Waals surface area contributed by atoms with E-state index in [0.29, 0.717) is 0 Å². The smallest absolute Gasteiger partial charge is 0.282 e. The molecule has 0 aromatic carbocycles. The number of hydrogen-bond acceptors (Lipinski definition) is 3. The molecule has 0 spiro atoms. The van der Waals surface area contributed by atoms with Crippen LogP contribution in [-0.2, 0) is 10.2 Å². The van der Waals surface area contributed by atoms with Gasteiger partial charge in [-0.15, -0.1) is 6.58 Å². The van der Waals surface area contributed by atoms with Crippen LogP contribution < -0.4 is 0 Å². The molecule has 0 aliphatic rings. The largest absolute Gasteiger partial charge is 0.395 e. The molecule has 0 aliphatic heterocycles. The summed E-state index contributed by atoms with van der Waals surface area (Å²) in [7, 11) is -1.97. The Morgan fingerprint density at radius 1 is 1.47 bits per heavy atom. The summed E-state index contributed by atoms with van der Waals surface area (Å²) >= 11 is 0. The molecule has 0 aromatic rings. The third kappa shape index (κ3) is 3.90. The monoisotopic (exact) mass is 236 g/mol. The predicted octanol–water partition coefficient (Wildman–Crippen LogP) is 0.0517. The highest BCUT2D eigenvalue weighted by molar-refractivity contribution is 7.86. The summed E-state index contributed by atoms with van der Waals surface area (Å²) in [6, 6.07) is -0.110. The zero-order valence-electron chi connectivity index (χ0n) is 9.55. The summed E-state index contributed by atoms with van der Waals surface area (Å²) in [6.45, 7) is 7.18. The summed E-state index contributed by atoms with van der Waals surface area (Å²) < 4.78 is 26.4. The lowest BCUT2D eigenvalue weighted by Crippen LogP contribution is -2.45. The molecule has 0 heterocycles. The highest BCUT2D eigenvalue weighted by Crippen LogP contribution is 2.09. The van der Waals surface area contributed by atoms with Gasteiger partial charge in [0.25, 0.3) is 10.2 Å². The minimum Gasteiger partial charge on any atom is -0.395 e. The molecule has 0 radical (unpaired) electrons. The Labute approximate surface area is 92.2 Å². The van der Waals surface area contributed by atoms with E-state index in [2.05, 4.69) is 6.58 Å². The van der Waals surface area contributed by atoms with Crippen molar-refractivity contribution in [1.29, 1.82) is 0 Å². The van der Waals surface area contributed by atoms with E-state index in [1.165, 1.54) is 21.7 Å². The minimum absolute atomic E-state index is 0.0887. The second kappa shape index (κ2) is 6.22. The molecule has 0 saturated heterocycles. The molecule has 0 rings (SSSR count). The van der Waals surface area contributed by atoms with Gasteiger partial charge >= 0.3 is 0 Å². The van der Waals surface area contributed by atoms with Crippen LogP contribution >= 0.6 is 0 Å². The summed E-state index contributed by atoms with van der Waals surface area (Å²) in [5.41, 5.74) is 0. The van der Waals surface area contributed by atoms with Gasteiger partial charge in [-0.2, -0.15) is 17.0 Å². The Bertz CT molecular complexity index is 288. The first-order valence-corrected chi connectivity index (χ1v) is 6.22. The van der Waals surface area contributed by atoms with Crippen molar-refractivity contribution in [2.75, 3.05) is 26.7 Å². The first-order valence-electron chi connectivity index (χ1n) is 4.82. The summed E-state index contributed by atoms with van der Waals surface area (Å²) in [5.74, 6) is 0. The molecular weight excluding hydrogens is 216 g/mol. The minimum atomic E-state index is -3.49. The molecule has 0 atom stereocenters. The lowest BCUT2D eigenvalue weighted by Gasteiger charge is -2.28. The van der Waals surface area contributed by atoms with Crippen molar-refractivity contribution >= 4 is 10.2 Å². The average Bonchev–Trinajstić information content (AvgIpc) is 2.16. The van der Waals surface area contributed by atoms with Crippen LogP contribution in [0, 0.1) is 0 Å². The van der Waals surface area contributed by atoms with E-state index in [1.807, 2.05) is 0 Å². The fraction of sp³-hybridized carbons (Fsp3) is 0.778. The van der Waals surface area contributed by atoms with Crippen molar-refractivity contribution < 1.29 is 13.5 Å². The maximum atomic E-state index is 11.9. The van der Waals surface area contributed by atoms with E-state index in [1.54, 1.807) is 13.8 Å². The van der Waals surface area contributed by atoms with Gasteiger partial charge in [0.15, 0.2) is 0 Å². The molecule has 1 N–H and O–H groups in total. The molecule has 5 nitrogen and oxygen atoms in total. The van der Waals surface area contributed by atoms with Crippen molar-refractivity contribution in [2.24, 2.45) is 0 Å². The van der Waals surface area contributed by atoms with Gasteiger partial charge < -0.3 is 5.11 Å². The molecule has 0 aliphatic carbocycles. The van der Waals surface area contributed by atoms with Crippen molar-refractivity contribution in [3.63, 3.8) is 0 Å². The molecule has 6 heteroatoms. The van der Waals surface area contributed by atoms with Gasteiger partial charge in [0, 0.05) is 26.2 Å². The van der Waals surface area contributed by atoms with Crippen molar-refractivity contribution in [3.8, 4) is 0 Å². The van der Waals surface area contributed by atoms with Gasteiger partial charge in [0.1, 0.15) is 0 Å². The van der Waals surface area contributed by atoms with Crippen LogP contribution in [0.3, 0.4) is 0 Å². The quantitative estimate of drug-likeness (QED) is 0.635. The highest BCUT2D eigenvalue weighted by Gasteiger charge is 2.27. The number of aliphatic hydroxyl groups excluding tert-OH is 1. The zero-order chi connectivity index (χ0) is 12.1. The van der Waals surface area contributed by atoms with E-state index in [-0.39, 0.29) is 25.7 Å². The Morgan fingerprint density at radius 3 is 2.33 bits per heavy atom. The number of hydrogen-bond donors (Lipinski definition) is 1. The standard InChI is InChI=1S/C9H20N2O3S/c1-5-6-11(7-8-12)15(13,14)10(4)9(2)3/h5,9,12H,1,6-8H2,2-4H3. The van der Waals surface area contributed by atoms with Crippen molar-refractivity contribution in [3.05, 3.63) is 12.7 Å². The van der Waals surface area contributed by atoms with E-state index < -0.39 is 10.2 Å². The third-order valence-electron chi connectivity index (χ3n) is 2.10. The Kier molecular flexibility index (Phi) is 6.04. The maximum absolute atomic E-state index is 11.9. The Hall–Kier alpha value is -0.430. The first kappa shape index (κ1) is 14.6. The molecule has 0 fully saturated rings. The second-order valence-electron chi connectivity index (χ2n) is 3.49. The molecule has 0 amide bonds. The van der Waals surface area contributed by atoms with Crippen LogP contribution in [0.1, 0.15) is 13.8 Å². The molecule has 90 valence electrons. The number of rotatable bonds is 7. The van der Waals surface area contributed by atoms with E-state index in [0.717, 1.165) is 0 Å². The van der Waals surface area contributed by atoms with Gasteiger partial charge in [0.2, 0.25) is 0 Å². The summed E-state index contributed by atoms with van der Waals surface area (Å²) in [5, 5.41) is 8.79. The molecule has 0 aromatic heterocycles. The van der Waals surface area contributed by atoms with Crippen LogP contribution in [0.4, 0.5) is 0 Å². The van der Waals surface area contributed by atoms with Gasteiger partial charge in [-0.3, -0.25) is 0 Å². The van der Waals surface area contributed by atoms with Crippen LogP contribution in [-0.4, -0.2) is 54.9 Å². The fourth-order valence-corrected chi connectivity index (χ4v) is 2.51. The van der Waals surface area contributed by atoms with Gasteiger partial charge in [-0.05, 0) is 13.8 Å². The summed E-state index contributed by atoms with van der Waals surface area (Å²) in [6.07, 6.45) is 1.50. The van der Waals surface area contributed by atoms with Crippen LogP contribution in [0.2, 0.25) is 0 Å². The van der Waals surface area contributed by atoms with Crippen LogP contribution in [0.5, 0.6) is 0 Å². The van der Waals surface area contributed by atoms with Crippen LogP contribution in [0.15, 0.2) is 12.7 Å². The second-order valence-corrected chi connectivity index (χ2v) is 5.48. The maximum Gasteiger partial charge on any atom is 0.282 e.